The third-order valence-electron chi connectivity index (χ3n) is 3.80. The number of hydrogen-bond donors (Lipinski definition) is 1. The molecule has 8 nitrogen and oxygen atoms in total. The fourth-order valence-corrected chi connectivity index (χ4v) is 3.14. The highest BCUT2D eigenvalue weighted by Crippen LogP contribution is 2.27. The highest BCUT2D eigenvalue weighted by atomic mass is 32.2. The number of carbonyl (C=O) groups is 2. The van der Waals surface area contributed by atoms with Gasteiger partial charge < -0.3 is 19.4 Å². The van der Waals surface area contributed by atoms with Crippen LogP contribution in [0.3, 0.4) is 0 Å². The number of thioether (sulfide) groups is 1. The van der Waals surface area contributed by atoms with Gasteiger partial charge in [-0.3, -0.25) is 9.59 Å². The van der Waals surface area contributed by atoms with Gasteiger partial charge in [-0.25, -0.2) is 0 Å². The first-order valence-corrected chi connectivity index (χ1v) is 9.39. The fraction of sp³-hybridized carbons (Fsp3) is 0.444. The Hall–Kier alpha value is -2.55. The van der Waals surface area contributed by atoms with Crippen molar-refractivity contribution in [2.75, 3.05) is 19.0 Å². The smallest absolute Gasteiger partial charge is 0.313 e. The second-order valence-electron chi connectivity index (χ2n) is 5.89. The van der Waals surface area contributed by atoms with Gasteiger partial charge in [0.05, 0.1) is 24.7 Å². The van der Waals surface area contributed by atoms with Crippen molar-refractivity contribution in [3.05, 3.63) is 29.6 Å². The largest absolute Gasteiger partial charge is 0.495 e. The van der Waals surface area contributed by atoms with E-state index in [1.807, 2.05) is 25.1 Å². The number of hydrogen-bond acceptors (Lipinski definition) is 7. The number of carbonyl (C=O) groups excluding carboxylic acids is 2. The predicted octanol–water partition coefficient (Wildman–Crippen LogP) is 2.36. The molecule has 1 amide bonds. The van der Waals surface area contributed by atoms with Crippen LogP contribution in [0.1, 0.15) is 25.2 Å². The van der Waals surface area contributed by atoms with Crippen LogP contribution in [0.5, 0.6) is 5.75 Å². The molecular formula is C18H24N4O4S. The van der Waals surface area contributed by atoms with Gasteiger partial charge in [0.15, 0.2) is 5.16 Å². The summed E-state index contributed by atoms with van der Waals surface area (Å²) < 4.78 is 11.9. The average molecular weight is 392 g/mol. The first kappa shape index (κ1) is 20.8. The first-order chi connectivity index (χ1) is 12.8. The van der Waals surface area contributed by atoms with Crippen molar-refractivity contribution in [2.45, 2.75) is 37.6 Å². The lowest BCUT2D eigenvalue weighted by atomic mass is 10.2. The predicted molar refractivity (Wildman–Crippen MR) is 103 cm³/mol. The fourth-order valence-electron chi connectivity index (χ4n) is 2.31. The Balaban J connectivity index is 2.04. The number of esters is 1. The molecule has 1 heterocycles. The molecule has 2 aromatic rings. The molecule has 0 fully saturated rings. The molecule has 0 aliphatic heterocycles. The van der Waals surface area contributed by atoms with Crippen molar-refractivity contribution in [1.82, 2.24) is 14.8 Å². The van der Waals surface area contributed by atoms with Gasteiger partial charge in [-0.15, -0.1) is 10.2 Å². The van der Waals surface area contributed by atoms with Gasteiger partial charge in [0, 0.05) is 7.05 Å². The summed E-state index contributed by atoms with van der Waals surface area (Å²) in [5.41, 5.74) is 1.64. The number of benzene rings is 1. The lowest BCUT2D eigenvalue weighted by Gasteiger charge is -2.14. The average Bonchev–Trinajstić information content (AvgIpc) is 2.95. The second kappa shape index (κ2) is 9.40. The maximum Gasteiger partial charge on any atom is 0.313 e. The van der Waals surface area contributed by atoms with Crippen molar-refractivity contribution in [3.8, 4) is 5.75 Å². The second-order valence-corrected chi connectivity index (χ2v) is 7.20. The van der Waals surface area contributed by atoms with Crippen molar-refractivity contribution in [3.63, 3.8) is 0 Å². The van der Waals surface area contributed by atoms with Crippen LogP contribution < -0.4 is 10.1 Å². The highest BCUT2D eigenvalue weighted by molar-refractivity contribution is 8.00. The van der Waals surface area contributed by atoms with Crippen LogP contribution in [-0.4, -0.2) is 45.6 Å². The molecule has 1 aromatic carbocycles. The van der Waals surface area contributed by atoms with Gasteiger partial charge >= 0.3 is 5.97 Å². The van der Waals surface area contributed by atoms with Crippen molar-refractivity contribution in [1.29, 1.82) is 0 Å². The van der Waals surface area contributed by atoms with Crippen LogP contribution >= 0.6 is 11.8 Å². The van der Waals surface area contributed by atoms with E-state index in [4.69, 9.17) is 9.47 Å². The number of amides is 1. The van der Waals surface area contributed by atoms with Crippen LogP contribution in [-0.2, 0) is 27.8 Å². The molecular weight excluding hydrogens is 368 g/mol. The standard InChI is InChI=1S/C18H24N4O4S/c1-6-26-16(23)10-15-20-21-18(22(15)4)27-12(3)17(24)19-13-9-11(2)7-8-14(13)25-5/h7-9,12H,6,10H2,1-5H3,(H,19,24)/t12-/m1/s1. The number of anilines is 1. The van der Waals surface area contributed by atoms with Crippen LogP contribution in [0.4, 0.5) is 5.69 Å². The third-order valence-corrected chi connectivity index (χ3v) is 4.93. The molecule has 0 spiro atoms. The summed E-state index contributed by atoms with van der Waals surface area (Å²) in [5.74, 6) is 0.547. The number of nitrogens with one attached hydrogen (secondary N) is 1. The van der Waals surface area contributed by atoms with Gasteiger partial charge in [-0.05, 0) is 38.5 Å². The molecule has 0 aliphatic carbocycles. The zero-order valence-corrected chi connectivity index (χ0v) is 16.9. The molecule has 0 saturated carbocycles. The van der Waals surface area contributed by atoms with E-state index in [-0.39, 0.29) is 18.3 Å². The van der Waals surface area contributed by atoms with E-state index in [1.165, 1.54) is 11.8 Å². The molecule has 0 aliphatic rings. The molecule has 146 valence electrons. The monoisotopic (exact) mass is 392 g/mol. The van der Waals surface area contributed by atoms with Crippen molar-refractivity contribution >= 4 is 29.3 Å². The quantitative estimate of drug-likeness (QED) is 0.544. The minimum Gasteiger partial charge on any atom is -0.495 e. The minimum absolute atomic E-state index is 0.0406. The molecule has 1 N–H and O–H groups in total. The van der Waals surface area contributed by atoms with Crippen LogP contribution in [0.15, 0.2) is 23.4 Å². The summed E-state index contributed by atoms with van der Waals surface area (Å²) in [6.07, 6.45) is 0.0406. The van der Waals surface area contributed by atoms with Crippen LogP contribution in [0.25, 0.3) is 0 Å². The molecule has 1 atom stereocenters. The number of rotatable bonds is 8. The summed E-state index contributed by atoms with van der Waals surface area (Å²) in [6, 6.07) is 5.58. The number of ether oxygens (including phenoxy) is 2. The molecule has 0 unspecified atom stereocenters. The summed E-state index contributed by atoms with van der Waals surface area (Å²) in [7, 11) is 3.31. The van der Waals surface area contributed by atoms with Gasteiger partial charge in [-0.2, -0.15) is 0 Å². The summed E-state index contributed by atoms with van der Waals surface area (Å²) >= 11 is 1.26. The van der Waals surface area contributed by atoms with E-state index in [0.29, 0.717) is 29.0 Å². The maximum absolute atomic E-state index is 12.6. The van der Waals surface area contributed by atoms with Gasteiger partial charge in [0.1, 0.15) is 18.0 Å². The zero-order chi connectivity index (χ0) is 20.0. The van der Waals surface area contributed by atoms with Crippen LogP contribution in [0, 0.1) is 6.92 Å². The van der Waals surface area contributed by atoms with E-state index in [1.54, 1.807) is 32.6 Å². The van der Waals surface area contributed by atoms with Gasteiger partial charge in [0.25, 0.3) is 0 Å². The first-order valence-electron chi connectivity index (χ1n) is 8.51. The van der Waals surface area contributed by atoms with E-state index >= 15 is 0 Å². The molecule has 0 bridgehead atoms. The Bertz CT molecular complexity index is 822. The maximum atomic E-state index is 12.6. The van der Waals surface area contributed by atoms with Crippen molar-refractivity contribution in [2.24, 2.45) is 7.05 Å². The van der Waals surface area contributed by atoms with E-state index in [0.717, 1.165) is 5.56 Å². The summed E-state index contributed by atoms with van der Waals surface area (Å²) in [5, 5.41) is 11.1. The summed E-state index contributed by atoms with van der Waals surface area (Å²) in [6.45, 7) is 5.79. The normalized spacial score (nSPS) is 11.7. The minimum atomic E-state index is -0.423. The Morgan fingerprint density at radius 1 is 1.33 bits per heavy atom. The SMILES string of the molecule is CCOC(=O)Cc1nnc(S[C@H](C)C(=O)Nc2cc(C)ccc2OC)n1C. The van der Waals surface area contributed by atoms with Gasteiger partial charge in [0.2, 0.25) is 5.91 Å². The number of aromatic nitrogens is 3. The number of methoxy groups -OCH3 is 1. The lowest BCUT2D eigenvalue weighted by molar-refractivity contribution is -0.142. The Morgan fingerprint density at radius 3 is 2.74 bits per heavy atom. The molecule has 0 radical (unpaired) electrons. The van der Waals surface area contributed by atoms with E-state index in [2.05, 4.69) is 15.5 Å². The molecule has 1 aromatic heterocycles. The number of nitrogens with zero attached hydrogens (tertiary/aromatic N) is 3. The molecule has 2 rings (SSSR count). The van der Waals surface area contributed by atoms with E-state index in [9.17, 15) is 9.59 Å². The Labute approximate surface area is 162 Å². The molecule has 0 saturated heterocycles. The topological polar surface area (TPSA) is 95.3 Å². The Morgan fingerprint density at radius 2 is 2.07 bits per heavy atom. The lowest BCUT2D eigenvalue weighted by Crippen LogP contribution is -2.23. The van der Waals surface area contributed by atoms with Crippen LogP contribution in [0.2, 0.25) is 0 Å². The highest BCUT2D eigenvalue weighted by Gasteiger charge is 2.21. The third kappa shape index (κ3) is 5.46. The zero-order valence-electron chi connectivity index (χ0n) is 16.1. The van der Waals surface area contributed by atoms with Gasteiger partial charge in [-0.1, -0.05) is 17.8 Å². The Kier molecular flexibility index (Phi) is 7.23. The van der Waals surface area contributed by atoms with Crippen molar-refractivity contribution < 1.29 is 19.1 Å². The molecule has 27 heavy (non-hydrogen) atoms. The molecule has 9 heteroatoms. The van der Waals surface area contributed by atoms with E-state index < -0.39 is 5.25 Å². The number of aryl methyl sites for hydroxylation is 1. The summed E-state index contributed by atoms with van der Waals surface area (Å²) in [4.78, 5) is 24.2.